The molecule has 0 bridgehead atoms. The summed E-state index contributed by atoms with van der Waals surface area (Å²) in [6, 6.07) is 1.74. The number of anilines is 2. The molecule has 0 atom stereocenters. The first-order chi connectivity index (χ1) is 13.6. The molecule has 29 heavy (non-hydrogen) atoms. The smallest absolute Gasteiger partial charge is 0.327 e. The fraction of sp³-hybridized carbons (Fsp3) is 0.619. The molecule has 2 aliphatic rings. The van der Waals surface area contributed by atoms with E-state index in [-0.39, 0.29) is 23.8 Å². The van der Waals surface area contributed by atoms with Crippen LogP contribution in [0.4, 0.5) is 16.6 Å². The lowest BCUT2D eigenvalue weighted by atomic mass is 9.85. The van der Waals surface area contributed by atoms with E-state index in [0.29, 0.717) is 39.0 Å². The molecule has 8 heteroatoms. The van der Waals surface area contributed by atoms with Gasteiger partial charge in [-0.05, 0) is 39.5 Å². The number of aromatic nitrogens is 2. The average molecular weight is 401 g/mol. The van der Waals surface area contributed by atoms with E-state index in [2.05, 4.69) is 28.7 Å². The van der Waals surface area contributed by atoms with Crippen molar-refractivity contribution in [3.63, 3.8) is 0 Å². The topological polar surface area (TPSA) is 95.7 Å². The van der Waals surface area contributed by atoms with Crippen molar-refractivity contribution in [3.8, 4) is 0 Å². The van der Waals surface area contributed by atoms with Gasteiger partial charge in [0.25, 0.3) is 5.91 Å². The number of urea groups is 1. The Morgan fingerprint density at radius 2 is 1.90 bits per heavy atom. The molecule has 0 aliphatic carbocycles. The quantitative estimate of drug-likeness (QED) is 0.603. The number of hydrogen-bond donors (Lipinski definition) is 1. The third-order valence-electron chi connectivity index (χ3n) is 5.62. The van der Waals surface area contributed by atoms with Crippen LogP contribution in [0.15, 0.2) is 17.7 Å². The molecule has 0 unspecified atom stereocenters. The Bertz CT molecular complexity index is 802. The van der Waals surface area contributed by atoms with E-state index in [1.54, 1.807) is 0 Å². The minimum atomic E-state index is -0.763. The summed E-state index contributed by atoms with van der Waals surface area (Å²) in [4.78, 5) is 40.4. The van der Waals surface area contributed by atoms with Crippen LogP contribution in [0.1, 0.15) is 46.2 Å². The minimum absolute atomic E-state index is 0.0707. The van der Waals surface area contributed by atoms with Crippen molar-refractivity contribution in [2.24, 2.45) is 5.92 Å². The summed E-state index contributed by atoms with van der Waals surface area (Å²) in [6.45, 7) is 12.2. The zero-order valence-corrected chi connectivity index (χ0v) is 18.1. The van der Waals surface area contributed by atoms with Crippen LogP contribution in [0, 0.1) is 12.8 Å². The number of nitrogens with zero attached hydrogens (tertiary/aromatic N) is 5. The maximum atomic E-state index is 13.4. The number of nitrogen functional groups attached to an aromatic ring is 1. The summed E-state index contributed by atoms with van der Waals surface area (Å²) in [6.07, 6.45) is 3.10. The predicted molar refractivity (Wildman–Crippen MR) is 113 cm³/mol. The second kappa shape index (κ2) is 8.00. The molecule has 0 radical (unpaired) electrons. The number of amides is 3. The van der Waals surface area contributed by atoms with Crippen LogP contribution >= 0.6 is 0 Å². The number of nitrogens with two attached hydrogens (primary N) is 1. The molecule has 158 valence electrons. The first-order valence-corrected chi connectivity index (χ1v) is 10.3. The monoisotopic (exact) mass is 400 g/mol. The molecule has 3 amide bonds. The number of rotatable bonds is 5. The second-order valence-corrected chi connectivity index (χ2v) is 8.73. The standard InChI is InChI=1S/C21H32N6O2/c1-14(2)6-9-26-18(28)21(27(20(26)29)13-15(3)4)7-10-25(11-8-21)17-12-16(5)23-19(22)24-17/h6,12,15H,7-11,13H2,1-5H3,(H2,22,23,24). The van der Waals surface area contributed by atoms with Gasteiger partial charge in [0.05, 0.1) is 0 Å². The summed E-state index contributed by atoms with van der Waals surface area (Å²) in [5, 5.41) is 0. The summed E-state index contributed by atoms with van der Waals surface area (Å²) < 4.78 is 0. The molecule has 2 saturated heterocycles. The summed E-state index contributed by atoms with van der Waals surface area (Å²) in [5.74, 6) is 1.24. The third kappa shape index (κ3) is 4.06. The highest BCUT2D eigenvalue weighted by molar-refractivity contribution is 6.07. The van der Waals surface area contributed by atoms with Crippen molar-refractivity contribution in [1.82, 2.24) is 19.8 Å². The molecule has 0 saturated carbocycles. The number of carbonyl (C=O) groups excluding carboxylic acids is 2. The zero-order chi connectivity index (χ0) is 21.3. The van der Waals surface area contributed by atoms with Crippen molar-refractivity contribution in [2.45, 2.75) is 53.0 Å². The molecular formula is C21H32N6O2. The van der Waals surface area contributed by atoms with Crippen molar-refractivity contribution in [3.05, 3.63) is 23.4 Å². The normalized spacial score (nSPS) is 18.9. The van der Waals surface area contributed by atoms with E-state index in [1.165, 1.54) is 4.90 Å². The first-order valence-electron chi connectivity index (χ1n) is 10.3. The Kier molecular flexibility index (Phi) is 5.82. The number of hydrogen-bond acceptors (Lipinski definition) is 6. The van der Waals surface area contributed by atoms with E-state index in [1.807, 2.05) is 37.8 Å². The van der Waals surface area contributed by atoms with Gasteiger partial charge in [0.2, 0.25) is 5.95 Å². The van der Waals surface area contributed by atoms with Gasteiger partial charge >= 0.3 is 6.03 Å². The fourth-order valence-corrected chi connectivity index (χ4v) is 4.16. The van der Waals surface area contributed by atoms with Crippen LogP contribution in [-0.4, -0.2) is 63.4 Å². The van der Waals surface area contributed by atoms with E-state index in [9.17, 15) is 9.59 Å². The Labute approximate surface area is 172 Å². The number of allylic oxidation sites excluding steroid dienone is 1. The number of carbonyl (C=O) groups is 2. The Balaban J connectivity index is 1.85. The van der Waals surface area contributed by atoms with Gasteiger partial charge in [0.15, 0.2) is 0 Å². The highest BCUT2D eigenvalue weighted by Gasteiger charge is 2.57. The van der Waals surface area contributed by atoms with Crippen LogP contribution in [0.3, 0.4) is 0 Å². The van der Waals surface area contributed by atoms with E-state index < -0.39 is 5.54 Å². The average Bonchev–Trinajstić information content (AvgIpc) is 2.81. The van der Waals surface area contributed by atoms with Crippen molar-refractivity contribution in [2.75, 3.05) is 36.8 Å². The van der Waals surface area contributed by atoms with Gasteiger partial charge in [-0.2, -0.15) is 4.98 Å². The van der Waals surface area contributed by atoms with Gasteiger partial charge in [-0.1, -0.05) is 25.5 Å². The van der Waals surface area contributed by atoms with Gasteiger partial charge in [-0.25, -0.2) is 9.78 Å². The molecule has 3 rings (SSSR count). The Morgan fingerprint density at radius 3 is 2.45 bits per heavy atom. The molecule has 1 spiro atoms. The molecule has 1 aromatic heterocycles. The summed E-state index contributed by atoms with van der Waals surface area (Å²) in [7, 11) is 0. The van der Waals surface area contributed by atoms with Crippen molar-refractivity contribution in [1.29, 1.82) is 0 Å². The zero-order valence-electron chi connectivity index (χ0n) is 18.1. The number of imide groups is 1. The molecule has 1 aromatic rings. The van der Waals surface area contributed by atoms with Crippen LogP contribution < -0.4 is 10.6 Å². The largest absolute Gasteiger partial charge is 0.368 e. The van der Waals surface area contributed by atoms with Crippen LogP contribution in [-0.2, 0) is 4.79 Å². The van der Waals surface area contributed by atoms with Crippen molar-refractivity contribution < 1.29 is 9.59 Å². The summed E-state index contributed by atoms with van der Waals surface area (Å²) in [5.41, 5.74) is 6.95. The summed E-state index contributed by atoms with van der Waals surface area (Å²) >= 11 is 0. The van der Waals surface area contributed by atoms with Gasteiger partial charge < -0.3 is 15.5 Å². The van der Waals surface area contributed by atoms with Crippen molar-refractivity contribution >= 4 is 23.7 Å². The molecule has 3 heterocycles. The van der Waals surface area contributed by atoms with E-state index in [4.69, 9.17) is 5.73 Å². The molecule has 2 aliphatic heterocycles. The van der Waals surface area contributed by atoms with Gasteiger partial charge in [0.1, 0.15) is 11.4 Å². The second-order valence-electron chi connectivity index (χ2n) is 8.73. The minimum Gasteiger partial charge on any atom is -0.368 e. The lowest BCUT2D eigenvalue weighted by Crippen LogP contribution is -2.57. The van der Waals surface area contributed by atoms with Gasteiger partial charge in [-0.15, -0.1) is 0 Å². The number of piperidine rings is 1. The highest BCUT2D eigenvalue weighted by Crippen LogP contribution is 2.38. The molecule has 2 N–H and O–H groups in total. The lowest BCUT2D eigenvalue weighted by Gasteiger charge is -2.43. The highest BCUT2D eigenvalue weighted by atomic mass is 16.2. The first kappa shape index (κ1) is 21.1. The van der Waals surface area contributed by atoms with Crippen LogP contribution in [0.25, 0.3) is 0 Å². The Morgan fingerprint density at radius 1 is 1.24 bits per heavy atom. The molecule has 2 fully saturated rings. The predicted octanol–water partition coefficient (Wildman–Crippen LogP) is 2.59. The maximum Gasteiger partial charge on any atom is 0.327 e. The maximum absolute atomic E-state index is 13.4. The molecule has 8 nitrogen and oxygen atoms in total. The number of aryl methyl sites for hydroxylation is 1. The van der Waals surface area contributed by atoms with Crippen LogP contribution in [0.5, 0.6) is 0 Å². The SMILES string of the molecule is CC(C)=CCN1C(=O)N(CC(C)C)C2(CCN(c3cc(C)nc(N)n3)CC2)C1=O. The third-order valence-corrected chi connectivity index (χ3v) is 5.62. The van der Waals surface area contributed by atoms with E-state index >= 15 is 0 Å². The van der Waals surface area contributed by atoms with Gasteiger partial charge in [-0.3, -0.25) is 9.69 Å². The fourth-order valence-electron chi connectivity index (χ4n) is 4.16. The molecule has 0 aromatic carbocycles. The lowest BCUT2D eigenvalue weighted by molar-refractivity contribution is -0.134. The molecular weight excluding hydrogens is 368 g/mol. The van der Waals surface area contributed by atoms with E-state index in [0.717, 1.165) is 17.1 Å². The Hall–Kier alpha value is -2.64. The van der Waals surface area contributed by atoms with Crippen LogP contribution in [0.2, 0.25) is 0 Å². The van der Waals surface area contributed by atoms with Gasteiger partial charge in [0, 0.05) is 37.9 Å².